The molecule has 1 saturated heterocycles. The van der Waals surface area contributed by atoms with Gasteiger partial charge in [0.15, 0.2) is 0 Å². The summed E-state index contributed by atoms with van der Waals surface area (Å²) in [5.41, 5.74) is 1.05. The molecule has 152 valence electrons. The molecule has 2 unspecified atom stereocenters. The van der Waals surface area contributed by atoms with Crippen molar-refractivity contribution in [1.29, 1.82) is 0 Å². The van der Waals surface area contributed by atoms with Crippen molar-refractivity contribution in [1.82, 2.24) is 10.2 Å². The van der Waals surface area contributed by atoms with Crippen LogP contribution in [0.3, 0.4) is 0 Å². The Morgan fingerprint density at radius 3 is 2.54 bits per heavy atom. The van der Waals surface area contributed by atoms with Gasteiger partial charge in [-0.05, 0) is 50.0 Å². The van der Waals surface area contributed by atoms with Gasteiger partial charge in [0.2, 0.25) is 5.91 Å². The van der Waals surface area contributed by atoms with Crippen molar-refractivity contribution in [3.63, 3.8) is 0 Å². The summed E-state index contributed by atoms with van der Waals surface area (Å²) in [5.74, 6) is -1.98. The molecule has 1 aromatic rings. The lowest BCUT2D eigenvalue weighted by atomic mass is 9.97. The summed E-state index contributed by atoms with van der Waals surface area (Å²) in [4.78, 5) is 37.6. The number of nitrogens with one attached hydrogen (secondary N) is 1. The lowest BCUT2D eigenvalue weighted by Crippen LogP contribution is -2.54. The van der Waals surface area contributed by atoms with Gasteiger partial charge in [-0.15, -0.1) is 0 Å². The summed E-state index contributed by atoms with van der Waals surface area (Å²) in [7, 11) is 0. The maximum atomic E-state index is 13.1. The van der Waals surface area contributed by atoms with Crippen LogP contribution in [-0.2, 0) is 20.8 Å². The van der Waals surface area contributed by atoms with E-state index in [1.165, 1.54) is 4.90 Å². The molecule has 4 atom stereocenters. The van der Waals surface area contributed by atoms with Crippen molar-refractivity contribution in [3.8, 4) is 0 Å². The lowest BCUT2D eigenvalue weighted by molar-refractivity contribution is -0.148. The lowest BCUT2D eigenvalue weighted by Gasteiger charge is -2.31. The first-order valence-corrected chi connectivity index (χ1v) is 10.0. The SMILES string of the molecule is O=C(O)CN1C(=O)[C@@H](N[C@@H](CCc2ccccc2)C(=O)O)CCC2CCCC21. The topological polar surface area (TPSA) is 107 Å². The highest BCUT2D eigenvalue weighted by molar-refractivity contribution is 5.86. The van der Waals surface area contributed by atoms with E-state index in [4.69, 9.17) is 0 Å². The Balaban J connectivity index is 1.69. The van der Waals surface area contributed by atoms with Crippen molar-refractivity contribution in [2.75, 3.05) is 6.54 Å². The summed E-state index contributed by atoms with van der Waals surface area (Å²) >= 11 is 0. The number of amides is 1. The number of rotatable bonds is 8. The zero-order chi connectivity index (χ0) is 20.1. The molecule has 0 spiro atoms. The Morgan fingerprint density at radius 1 is 1.11 bits per heavy atom. The molecule has 1 aromatic carbocycles. The monoisotopic (exact) mass is 388 g/mol. The number of carboxylic acid groups (broad SMARTS) is 2. The van der Waals surface area contributed by atoms with Crippen molar-refractivity contribution in [2.45, 2.75) is 63.1 Å². The van der Waals surface area contributed by atoms with Crippen molar-refractivity contribution in [3.05, 3.63) is 35.9 Å². The van der Waals surface area contributed by atoms with Gasteiger partial charge < -0.3 is 15.1 Å². The molecule has 1 heterocycles. The van der Waals surface area contributed by atoms with Gasteiger partial charge in [-0.1, -0.05) is 36.8 Å². The van der Waals surface area contributed by atoms with Crippen LogP contribution in [0.5, 0.6) is 0 Å². The highest BCUT2D eigenvalue weighted by Crippen LogP contribution is 2.36. The predicted molar refractivity (Wildman–Crippen MR) is 103 cm³/mol. The number of nitrogens with zero attached hydrogens (tertiary/aromatic N) is 1. The van der Waals surface area contributed by atoms with E-state index in [-0.39, 0.29) is 18.5 Å². The van der Waals surface area contributed by atoms with Crippen molar-refractivity contribution in [2.24, 2.45) is 5.92 Å². The first-order chi connectivity index (χ1) is 13.5. The third-order valence-electron chi connectivity index (χ3n) is 6.00. The van der Waals surface area contributed by atoms with Crippen LogP contribution in [0.4, 0.5) is 0 Å². The van der Waals surface area contributed by atoms with Crippen LogP contribution in [0.1, 0.15) is 44.1 Å². The molecule has 1 aliphatic heterocycles. The van der Waals surface area contributed by atoms with Crippen LogP contribution in [-0.4, -0.2) is 57.6 Å². The second-order valence-corrected chi connectivity index (χ2v) is 7.83. The first-order valence-electron chi connectivity index (χ1n) is 10.0. The fourth-order valence-corrected chi connectivity index (χ4v) is 4.60. The quantitative estimate of drug-likeness (QED) is 0.628. The Bertz CT molecular complexity index is 708. The number of fused-ring (bicyclic) bond motifs is 1. The number of likely N-dealkylation sites (tertiary alicyclic amines) is 1. The maximum absolute atomic E-state index is 13.1. The normalized spacial score (nSPS) is 25.8. The van der Waals surface area contributed by atoms with Gasteiger partial charge in [0.1, 0.15) is 12.6 Å². The van der Waals surface area contributed by atoms with Crippen LogP contribution in [0.2, 0.25) is 0 Å². The van der Waals surface area contributed by atoms with E-state index in [0.29, 0.717) is 25.2 Å². The van der Waals surface area contributed by atoms with Crippen molar-refractivity contribution < 1.29 is 24.6 Å². The molecule has 0 bridgehead atoms. The van der Waals surface area contributed by atoms with Gasteiger partial charge in [0, 0.05) is 6.04 Å². The maximum Gasteiger partial charge on any atom is 0.323 e. The second-order valence-electron chi connectivity index (χ2n) is 7.83. The van der Waals surface area contributed by atoms with Gasteiger partial charge in [0.25, 0.3) is 0 Å². The fourth-order valence-electron chi connectivity index (χ4n) is 4.60. The molecule has 7 heteroatoms. The van der Waals surface area contributed by atoms with Crippen molar-refractivity contribution >= 4 is 17.8 Å². The number of carboxylic acids is 2. The second kappa shape index (κ2) is 9.19. The minimum atomic E-state index is -1.03. The minimum absolute atomic E-state index is 0.0389. The molecule has 3 N–H and O–H groups in total. The third-order valence-corrected chi connectivity index (χ3v) is 6.00. The number of benzene rings is 1. The van der Waals surface area contributed by atoms with Gasteiger partial charge in [-0.25, -0.2) is 0 Å². The molecule has 3 rings (SSSR count). The van der Waals surface area contributed by atoms with Crippen LogP contribution < -0.4 is 5.32 Å². The average Bonchev–Trinajstić information content (AvgIpc) is 3.09. The number of hydrogen-bond acceptors (Lipinski definition) is 4. The van der Waals surface area contributed by atoms with Gasteiger partial charge in [0.05, 0.1) is 6.04 Å². The fraction of sp³-hybridized carbons (Fsp3) is 0.571. The molecule has 2 fully saturated rings. The summed E-state index contributed by atoms with van der Waals surface area (Å²) < 4.78 is 0. The number of hydrogen-bond donors (Lipinski definition) is 3. The summed E-state index contributed by atoms with van der Waals surface area (Å²) in [5, 5.41) is 21.9. The summed E-state index contributed by atoms with van der Waals surface area (Å²) in [6.07, 6.45) is 5.15. The molecule has 1 saturated carbocycles. The predicted octanol–water partition coefficient (Wildman–Crippen LogP) is 1.91. The first kappa shape index (κ1) is 20.3. The van der Waals surface area contributed by atoms with Gasteiger partial charge in [-0.3, -0.25) is 19.7 Å². The molecule has 7 nitrogen and oxygen atoms in total. The Labute approximate surface area is 164 Å². The molecule has 1 amide bonds. The van der Waals surface area contributed by atoms with Crippen LogP contribution in [0.25, 0.3) is 0 Å². The van der Waals surface area contributed by atoms with Gasteiger partial charge in [-0.2, -0.15) is 0 Å². The van der Waals surface area contributed by atoms with E-state index in [2.05, 4.69) is 5.32 Å². The highest BCUT2D eigenvalue weighted by atomic mass is 16.4. The summed E-state index contributed by atoms with van der Waals surface area (Å²) in [6, 6.07) is 8.10. The zero-order valence-corrected chi connectivity index (χ0v) is 15.9. The molecular weight excluding hydrogens is 360 g/mol. The molecule has 1 aliphatic carbocycles. The van der Waals surface area contributed by atoms with E-state index in [1.54, 1.807) is 0 Å². The van der Waals surface area contributed by atoms with Gasteiger partial charge >= 0.3 is 11.9 Å². The smallest absolute Gasteiger partial charge is 0.323 e. The Morgan fingerprint density at radius 2 is 1.86 bits per heavy atom. The van der Waals surface area contributed by atoms with E-state index < -0.39 is 24.0 Å². The molecule has 0 radical (unpaired) electrons. The van der Waals surface area contributed by atoms with Crippen LogP contribution in [0, 0.1) is 5.92 Å². The van der Waals surface area contributed by atoms with Crippen LogP contribution in [0.15, 0.2) is 30.3 Å². The van der Waals surface area contributed by atoms with E-state index in [9.17, 15) is 24.6 Å². The number of aryl methyl sites for hydroxylation is 1. The largest absolute Gasteiger partial charge is 0.480 e. The third kappa shape index (κ3) is 4.90. The minimum Gasteiger partial charge on any atom is -0.480 e. The molecule has 28 heavy (non-hydrogen) atoms. The van der Waals surface area contributed by atoms with E-state index in [0.717, 1.165) is 31.2 Å². The number of aliphatic carboxylic acids is 2. The number of carbonyl (C=O) groups excluding carboxylic acids is 1. The molecule has 2 aliphatic rings. The van der Waals surface area contributed by atoms with E-state index in [1.807, 2.05) is 30.3 Å². The number of carbonyl (C=O) groups is 3. The van der Waals surface area contributed by atoms with Crippen LogP contribution >= 0.6 is 0 Å². The molecular formula is C21H28N2O5. The standard InChI is InChI=1S/C21H28N2O5/c24-19(25)13-23-18-8-4-7-15(18)10-12-16(20(23)26)22-17(21(27)28)11-9-14-5-2-1-3-6-14/h1-3,5-6,15-18,22H,4,7-13H2,(H,24,25)(H,27,28)/t15?,16-,17-,18?/m0/s1. The van der Waals surface area contributed by atoms with E-state index >= 15 is 0 Å². The average molecular weight is 388 g/mol. The summed E-state index contributed by atoms with van der Waals surface area (Å²) in [6.45, 7) is -0.320. The highest BCUT2D eigenvalue weighted by Gasteiger charge is 2.42. The Hall–Kier alpha value is -2.41. The zero-order valence-electron chi connectivity index (χ0n) is 15.9. The Kier molecular flexibility index (Phi) is 6.67. The molecule has 0 aromatic heterocycles.